The van der Waals surface area contributed by atoms with Gasteiger partial charge in [0.25, 0.3) is 0 Å². The van der Waals surface area contributed by atoms with E-state index in [0.29, 0.717) is 17.7 Å². The molecule has 2 heterocycles. The Kier molecular flexibility index (Phi) is 1.94. The Morgan fingerprint density at radius 2 is 2.11 bits per heavy atom. The molecule has 1 aliphatic rings. The zero-order valence-corrected chi connectivity index (χ0v) is 10.3. The molecule has 0 radical (unpaired) electrons. The fraction of sp³-hybridized carbons (Fsp3) is 0.545. The number of aromatic hydroxyl groups is 1. The molecule has 1 atom stereocenters. The molecule has 18 heavy (non-hydrogen) atoms. The molecule has 7 nitrogen and oxygen atoms in total. The van der Waals surface area contributed by atoms with E-state index in [1.165, 1.54) is 6.33 Å². The van der Waals surface area contributed by atoms with Crippen molar-refractivity contribution in [1.29, 1.82) is 0 Å². The van der Waals surface area contributed by atoms with Crippen molar-refractivity contribution in [2.24, 2.45) is 5.41 Å². The zero-order valence-electron chi connectivity index (χ0n) is 10.3. The molecule has 1 fully saturated rings. The molecular formula is C11H15N5O2. The third kappa shape index (κ3) is 1.43. The summed E-state index contributed by atoms with van der Waals surface area (Å²) in [7, 11) is 0. The highest BCUT2D eigenvalue weighted by Gasteiger charge is 2.60. The van der Waals surface area contributed by atoms with Crippen LogP contribution in [-0.2, 0) is 6.54 Å². The number of hydrogen-bond acceptors (Lipinski definition) is 6. The van der Waals surface area contributed by atoms with Gasteiger partial charge < -0.3 is 20.5 Å². The quantitative estimate of drug-likeness (QED) is 0.705. The Hall–Kier alpha value is -1.89. The van der Waals surface area contributed by atoms with Gasteiger partial charge in [-0.1, -0.05) is 13.8 Å². The van der Waals surface area contributed by atoms with E-state index in [4.69, 9.17) is 5.73 Å². The maximum absolute atomic E-state index is 10.3. The molecule has 1 unspecified atom stereocenters. The summed E-state index contributed by atoms with van der Waals surface area (Å²) in [6.07, 6.45) is 2.26. The molecular weight excluding hydrogens is 234 g/mol. The number of nitrogen functional groups attached to an aromatic ring is 1. The van der Waals surface area contributed by atoms with Crippen LogP contribution in [0, 0.1) is 5.41 Å². The molecule has 2 aromatic rings. The molecule has 1 saturated carbocycles. The van der Waals surface area contributed by atoms with Crippen LogP contribution in [0.25, 0.3) is 11.2 Å². The van der Waals surface area contributed by atoms with Crippen LogP contribution in [-0.4, -0.2) is 35.3 Å². The monoisotopic (exact) mass is 249 g/mol. The molecule has 0 amide bonds. The highest BCUT2D eigenvalue weighted by molar-refractivity contribution is 5.77. The van der Waals surface area contributed by atoms with Crippen LogP contribution in [0.2, 0.25) is 0 Å². The highest BCUT2D eigenvalue weighted by Crippen LogP contribution is 2.56. The Morgan fingerprint density at radius 3 is 2.72 bits per heavy atom. The van der Waals surface area contributed by atoms with Gasteiger partial charge in [-0.3, -0.25) is 0 Å². The predicted molar refractivity (Wildman–Crippen MR) is 64.7 cm³/mol. The first-order valence-corrected chi connectivity index (χ1v) is 5.72. The predicted octanol–water partition coefficient (Wildman–Crippen LogP) is 0.275. The average Bonchev–Trinajstić information content (AvgIpc) is 2.56. The van der Waals surface area contributed by atoms with Crippen LogP contribution >= 0.6 is 0 Å². The van der Waals surface area contributed by atoms with Crippen molar-refractivity contribution in [3.8, 4) is 5.88 Å². The summed E-state index contributed by atoms with van der Waals surface area (Å²) in [5.41, 5.74) is 5.38. The number of aromatic nitrogens is 4. The van der Waals surface area contributed by atoms with E-state index < -0.39 is 5.60 Å². The lowest BCUT2D eigenvalue weighted by Gasteiger charge is -2.14. The average molecular weight is 249 g/mol. The highest BCUT2D eigenvalue weighted by atomic mass is 16.3. The SMILES string of the molecule is CC1(C)CC1(O)Cn1cnc2c(O)nc(N)nc21. The smallest absolute Gasteiger partial charge is 0.244 e. The van der Waals surface area contributed by atoms with Crippen molar-refractivity contribution in [3.63, 3.8) is 0 Å². The summed E-state index contributed by atoms with van der Waals surface area (Å²) in [5.74, 6) is -0.248. The minimum atomic E-state index is -0.754. The van der Waals surface area contributed by atoms with Crippen molar-refractivity contribution >= 4 is 17.1 Å². The van der Waals surface area contributed by atoms with Crippen LogP contribution in [0.4, 0.5) is 5.95 Å². The molecule has 3 rings (SSSR count). The lowest BCUT2D eigenvalue weighted by atomic mass is 10.1. The molecule has 0 saturated heterocycles. The van der Waals surface area contributed by atoms with E-state index in [2.05, 4.69) is 15.0 Å². The minimum absolute atomic E-state index is 0.0104. The van der Waals surface area contributed by atoms with Crippen LogP contribution in [0.1, 0.15) is 20.3 Å². The summed E-state index contributed by atoms with van der Waals surface area (Å²) >= 11 is 0. The standard InChI is InChI=1S/C11H15N5O2/c1-10(2)3-11(10,18)4-16-5-13-6-7(16)14-9(12)15-8(6)17/h5,18H,3-4H2,1-2H3,(H3,12,14,15,17). The van der Waals surface area contributed by atoms with E-state index in [9.17, 15) is 10.2 Å². The first-order chi connectivity index (χ1) is 8.32. The Morgan fingerprint density at radius 1 is 1.44 bits per heavy atom. The molecule has 0 spiro atoms. The number of anilines is 1. The van der Waals surface area contributed by atoms with Gasteiger partial charge in [0.15, 0.2) is 11.2 Å². The molecule has 1 aliphatic carbocycles. The van der Waals surface area contributed by atoms with Crippen LogP contribution < -0.4 is 5.73 Å². The van der Waals surface area contributed by atoms with Crippen LogP contribution in [0.5, 0.6) is 5.88 Å². The summed E-state index contributed by atoms with van der Waals surface area (Å²) < 4.78 is 1.70. The Labute approximate surface area is 103 Å². The fourth-order valence-electron chi connectivity index (χ4n) is 2.30. The second-order valence-electron chi connectivity index (χ2n) is 5.54. The number of fused-ring (bicyclic) bond motifs is 1. The van der Waals surface area contributed by atoms with Crippen LogP contribution in [0.15, 0.2) is 6.33 Å². The van der Waals surface area contributed by atoms with Gasteiger partial charge in [-0.2, -0.15) is 9.97 Å². The van der Waals surface area contributed by atoms with Gasteiger partial charge in [0, 0.05) is 0 Å². The number of hydrogen-bond donors (Lipinski definition) is 3. The van der Waals surface area contributed by atoms with Crippen LogP contribution in [0.3, 0.4) is 0 Å². The maximum Gasteiger partial charge on any atom is 0.244 e. The van der Waals surface area contributed by atoms with E-state index in [1.807, 2.05) is 13.8 Å². The number of nitrogens with two attached hydrogens (primary N) is 1. The van der Waals surface area contributed by atoms with E-state index in [1.54, 1.807) is 4.57 Å². The van der Waals surface area contributed by atoms with Crippen molar-refractivity contribution in [2.45, 2.75) is 32.4 Å². The molecule has 0 aromatic carbocycles. The van der Waals surface area contributed by atoms with E-state index in [-0.39, 0.29) is 17.2 Å². The fourth-order valence-corrected chi connectivity index (χ4v) is 2.30. The van der Waals surface area contributed by atoms with E-state index in [0.717, 1.165) is 6.42 Å². The third-order valence-electron chi connectivity index (χ3n) is 3.76. The summed E-state index contributed by atoms with van der Waals surface area (Å²) in [6, 6.07) is 0. The molecule has 96 valence electrons. The van der Waals surface area contributed by atoms with Gasteiger partial charge in [-0.25, -0.2) is 4.98 Å². The van der Waals surface area contributed by atoms with Crippen molar-refractivity contribution in [3.05, 3.63) is 6.33 Å². The summed E-state index contributed by atoms with van der Waals surface area (Å²) in [4.78, 5) is 11.7. The first-order valence-electron chi connectivity index (χ1n) is 5.72. The zero-order chi connectivity index (χ0) is 13.1. The van der Waals surface area contributed by atoms with Crippen molar-refractivity contribution in [1.82, 2.24) is 19.5 Å². The summed E-state index contributed by atoms with van der Waals surface area (Å²) in [6.45, 7) is 4.40. The van der Waals surface area contributed by atoms with Gasteiger partial charge in [-0.05, 0) is 11.8 Å². The van der Waals surface area contributed by atoms with Gasteiger partial charge in [0.1, 0.15) is 0 Å². The molecule has 2 aromatic heterocycles. The molecule has 0 bridgehead atoms. The minimum Gasteiger partial charge on any atom is -0.492 e. The number of rotatable bonds is 2. The van der Waals surface area contributed by atoms with E-state index >= 15 is 0 Å². The maximum atomic E-state index is 10.3. The van der Waals surface area contributed by atoms with Gasteiger partial charge in [-0.15, -0.1) is 0 Å². The molecule has 4 N–H and O–H groups in total. The first kappa shape index (κ1) is 11.2. The number of aliphatic hydroxyl groups is 1. The number of nitrogens with zero attached hydrogens (tertiary/aromatic N) is 4. The largest absolute Gasteiger partial charge is 0.492 e. The topological polar surface area (TPSA) is 110 Å². The molecule has 7 heteroatoms. The lowest BCUT2D eigenvalue weighted by molar-refractivity contribution is 0.0911. The molecule has 0 aliphatic heterocycles. The van der Waals surface area contributed by atoms with Gasteiger partial charge in [0.2, 0.25) is 11.8 Å². The van der Waals surface area contributed by atoms with Gasteiger partial charge in [0.05, 0.1) is 18.5 Å². The van der Waals surface area contributed by atoms with Crippen molar-refractivity contribution < 1.29 is 10.2 Å². The second kappa shape index (κ2) is 3.11. The van der Waals surface area contributed by atoms with Gasteiger partial charge >= 0.3 is 0 Å². The second-order valence-corrected chi connectivity index (χ2v) is 5.54. The third-order valence-corrected chi connectivity index (χ3v) is 3.76. The number of imidazole rings is 1. The van der Waals surface area contributed by atoms with Crippen molar-refractivity contribution in [2.75, 3.05) is 5.73 Å². The Bertz CT molecular complexity index is 636. The Balaban J connectivity index is 2.04. The summed E-state index contributed by atoms with van der Waals surface area (Å²) in [5, 5.41) is 20.0. The normalized spacial score (nSPS) is 25.5. The lowest BCUT2D eigenvalue weighted by Crippen LogP contribution is -2.23.